The van der Waals surface area contributed by atoms with Gasteiger partial charge in [0.25, 0.3) is 0 Å². The van der Waals surface area contributed by atoms with Gasteiger partial charge in [0.15, 0.2) is 4.77 Å². The van der Waals surface area contributed by atoms with Gasteiger partial charge in [-0.3, -0.25) is 5.10 Å². The summed E-state index contributed by atoms with van der Waals surface area (Å²) in [7, 11) is 0. The molecule has 1 unspecified atom stereocenters. The average Bonchev–Trinajstić information content (AvgIpc) is 2.54. The van der Waals surface area contributed by atoms with Gasteiger partial charge in [-0.05, 0) is 30.8 Å². The first kappa shape index (κ1) is 9.27. The lowest BCUT2D eigenvalue weighted by Crippen LogP contribution is -2.16. The lowest BCUT2D eigenvalue weighted by atomic mass is 10.2. The Labute approximate surface area is 86.9 Å². The van der Waals surface area contributed by atoms with E-state index >= 15 is 0 Å². The summed E-state index contributed by atoms with van der Waals surface area (Å²) in [6.45, 7) is 1.01. The fraction of sp³-hybridized carbons (Fsp3) is 0.750. The van der Waals surface area contributed by atoms with E-state index in [1.165, 1.54) is 25.0 Å². The number of hydrogen-bond acceptors (Lipinski definition) is 3. The molecule has 2 rings (SSSR count). The Morgan fingerprint density at radius 1 is 1.69 bits per heavy atom. The molecule has 1 saturated heterocycles. The number of aromatic amines is 1. The van der Waals surface area contributed by atoms with Crippen molar-refractivity contribution in [3.05, 3.63) is 11.1 Å². The van der Waals surface area contributed by atoms with Crippen molar-refractivity contribution < 1.29 is 0 Å². The summed E-state index contributed by atoms with van der Waals surface area (Å²) in [4.78, 5) is 0. The van der Waals surface area contributed by atoms with Crippen molar-refractivity contribution in [1.82, 2.24) is 14.8 Å². The average molecular weight is 215 g/mol. The monoisotopic (exact) mass is 215 g/mol. The van der Waals surface area contributed by atoms with E-state index in [9.17, 15) is 0 Å². The summed E-state index contributed by atoms with van der Waals surface area (Å²) < 4.78 is 2.77. The minimum atomic E-state index is 0.734. The molecule has 1 aromatic rings. The van der Waals surface area contributed by atoms with Crippen LogP contribution in [0.4, 0.5) is 0 Å². The molecule has 1 aliphatic heterocycles. The van der Waals surface area contributed by atoms with Gasteiger partial charge < -0.3 is 4.57 Å². The maximum Gasteiger partial charge on any atom is 0.194 e. The smallest absolute Gasteiger partial charge is 0.194 e. The van der Waals surface area contributed by atoms with Crippen molar-refractivity contribution in [3.63, 3.8) is 0 Å². The largest absolute Gasteiger partial charge is 0.306 e. The number of nitrogens with zero attached hydrogens (tertiary/aromatic N) is 2. The molecular weight excluding hydrogens is 202 g/mol. The molecule has 0 radical (unpaired) electrons. The molecule has 1 N–H and O–H groups in total. The molecule has 1 aromatic heterocycles. The Morgan fingerprint density at radius 3 is 3.23 bits per heavy atom. The second-order valence-electron chi connectivity index (χ2n) is 3.30. The summed E-state index contributed by atoms with van der Waals surface area (Å²) in [5, 5.41) is 7.42. The van der Waals surface area contributed by atoms with Crippen LogP contribution in [0.5, 0.6) is 0 Å². The molecule has 0 aromatic carbocycles. The quantitative estimate of drug-likeness (QED) is 0.768. The standard InChI is InChI=1S/C8H13N3S2/c12-8-10-9-6-11(8)5-7-3-1-2-4-13-7/h6-7H,1-5H2,(H,10,12). The predicted molar refractivity (Wildman–Crippen MR) is 57.5 cm³/mol. The second kappa shape index (κ2) is 4.28. The SMILES string of the molecule is S=c1[nH]ncn1CC1CCCCS1. The fourth-order valence-electron chi connectivity index (χ4n) is 1.57. The van der Waals surface area contributed by atoms with Crippen LogP contribution in [0.1, 0.15) is 19.3 Å². The predicted octanol–water partition coefficient (Wildman–Crippen LogP) is 2.23. The molecule has 5 heteroatoms. The number of rotatable bonds is 2. The van der Waals surface area contributed by atoms with E-state index in [1.54, 1.807) is 6.33 Å². The molecule has 3 nitrogen and oxygen atoms in total. The van der Waals surface area contributed by atoms with E-state index in [1.807, 2.05) is 4.57 Å². The Morgan fingerprint density at radius 2 is 2.62 bits per heavy atom. The Bertz CT molecular complexity index is 311. The van der Waals surface area contributed by atoms with Gasteiger partial charge in [-0.25, -0.2) is 0 Å². The molecule has 1 aliphatic rings. The van der Waals surface area contributed by atoms with Crippen LogP contribution >= 0.6 is 24.0 Å². The van der Waals surface area contributed by atoms with Crippen LogP contribution in [0, 0.1) is 4.77 Å². The van der Waals surface area contributed by atoms with E-state index in [0.29, 0.717) is 0 Å². The molecule has 0 spiro atoms. The molecule has 2 heterocycles. The van der Waals surface area contributed by atoms with Gasteiger partial charge in [0.2, 0.25) is 0 Å². The third kappa shape index (κ3) is 2.34. The summed E-state index contributed by atoms with van der Waals surface area (Å²) >= 11 is 7.15. The topological polar surface area (TPSA) is 33.6 Å². The van der Waals surface area contributed by atoms with Crippen molar-refractivity contribution in [1.29, 1.82) is 0 Å². The van der Waals surface area contributed by atoms with E-state index in [0.717, 1.165) is 16.6 Å². The molecule has 13 heavy (non-hydrogen) atoms. The first-order valence-electron chi connectivity index (χ1n) is 4.57. The van der Waals surface area contributed by atoms with Gasteiger partial charge in [-0.2, -0.15) is 16.9 Å². The number of thioether (sulfide) groups is 1. The van der Waals surface area contributed by atoms with Gasteiger partial charge in [-0.15, -0.1) is 0 Å². The summed E-state index contributed by atoms with van der Waals surface area (Å²) in [5.74, 6) is 1.30. The van der Waals surface area contributed by atoms with E-state index in [2.05, 4.69) is 22.0 Å². The van der Waals surface area contributed by atoms with Gasteiger partial charge in [0.05, 0.1) is 0 Å². The fourth-order valence-corrected chi connectivity index (χ4v) is 3.05. The minimum Gasteiger partial charge on any atom is -0.306 e. The molecule has 72 valence electrons. The van der Waals surface area contributed by atoms with Gasteiger partial charge >= 0.3 is 0 Å². The number of H-pyrrole nitrogens is 1. The highest BCUT2D eigenvalue weighted by Crippen LogP contribution is 2.26. The highest BCUT2D eigenvalue weighted by atomic mass is 32.2. The highest BCUT2D eigenvalue weighted by Gasteiger charge is 2.14. The normalized spacial score (nSPS) is 23.2. The van der Waals surface area contributed by atoms with Crippen molar-refractivity contribution in [2.75, 3.05) is 5.75 Å². The summed E-state index contributed by atoms with van der Waals surface area (Å²) in [6.07, 6.45) is 5.84. The second-order valence-corrected chi connectivity index (χ2v) is 5.10. The molecule has 0 saturated carbocycles. The molecule has 1 atom stereocenters. The van der Waals surface area contributed by atoms with Crippen molar-refractivity contribution in [3.8, 4) is 0 Å². The van der Waals surface area contributed by atoms with E-state index in [-0.39, 0.29) is 0 Å². The maximum absolute atomic E-state index is 5.09. The van der Waals surface area contributed by atoms with Crippen molar-refractivity contribution in [2.24, 2.45) is 0 Å². The lowest BCUT2D eigenvalue weighted by molar-refractivity contribution is 0.578. The highest BCUT2D eigenvalue weighted by molar-refractivity contribution is 7.99. The maximum atomic E-state index is 5.09. The van der Waals surface area contributed by atoms with E-state index in [4.69, 9.17) is 12.2 Å². The van der Waals surface area contributed by atoms with Gasteiger partial charge in [0, 0.05) is 11.8 Å². The van der Waals surface area contributed by atoms with Gasteiger partial charge in [-0.1, -0.05) is 6.42 Å². The van der Waals surface area contributed by atoms with Crippen LogP contribution in [0.2, 0.25) is 0 Å². The summed E-state index contributed by atoms with van der Waals surface area (Å²) in [5.41, 5.74) is 0. The molecule has 0 amide bonds. The van der Waals surface area contributed by atoms with Crippen molar-refractivity contribution in [2.45, 2.75) is 31.1 Å². The van der Waals surface area contributed by atoms with Gasteiger partial charge in [0.1, 0.15) is 6.33 Å². The van der Waals surface area contributed by atoms with Crippen LogP contribution in [0.15, 0.2) is 6.33 Å². The zero-order valence-corrected chi connectivity index (χ0v) is 9.03. The molecule has 1 fully saturated rings. The van der Waals surface area contributed by atoms with Crippen molar-refractivity contribution >= 4 is 24.0 Å². The van der Waals surface area contributed by atoms with Crippen LogP contribution in [-0.4, -0.2) is 25.8 Å². The lowest BCUT2D eigenvalue weighted by Gasteiger charge is -2.20. The van der Waals surface area contributed by atoms with Crippen LogP contribution in [0.25, 0.3) is 0 Å². The molecule has 0 aliphatic carbocycles. The first-order valence-corrected chi connectivity index (χ1v) is 6.03. The minimum absolute atomic E-state index is 0.734. The number of aromatic nitrogens is 3. The molecule has 0 bridgehead atoms. The number of nitrogens with one attached hydrogen (secondary N) is 1. The first-order chi connectivity index (χ1) is 6.36. The van der Waals surface area contributed by atoms with Crippen LogP contribution < -0.4 is 0 Å². The van der Waals surface area contributed by atoms with Crippen LogP contribution in [-0.2, 0) is 6.54 Å². The molecular formula is C8H13N3S2. The zero-order valence-electron chi connectivity index (χ0n) is 7.40. The third-order valence-electron chi connectivity index (χ3n) is 2.29. The van der Waals surface area contributed by atoms with Crippen LogP contribution in [0.3, 0.4) is 0 Å². The Kier molecular flexibility index (Phi) is 3.05. The van der Waals surface area contributed by atoms with E-state index < -0.39 is 0 Å². The Balaban J connectivity index is 1.97. The third-order valence-corrected chi connectivity index (χ3v) is 4.00. The summed E-state index contributed by atoms with van der Waals surface area (Å²) in [6, 6.07) is 0. The zero-order chi connectivity index (χ0) is 9.10. The Hall–Kier alpha value is -0.290. The number of hydrogen-bond donors (Lipinski definition) is 1.